The fraction of sp³-hybridized carbons (Fsp3) is 0.417. The van der Waals surface area contributed by atoms with Crippen molar-refractivity contribution >= 4 is 16.6 Å². The number of benzene rings is 2. The number of aryl methyl sites for hydroxylation is 2. The van der Waals surface area contributed by atoms with Gasteiger partial charge in [0.15, 0.2) is 0 Å². The summed E-state index contributed by atoms with van der Waals surface area (Å²) in [5, 5.41) is 1.47. The molecule has 1 aliphatic heterocycles. The van der Waals surface area contributed by atoms with Crippen LogP contribution in [-0.4, -0.2) is 4.57 Å². The van der Waals surface area contributed by atoms with Gasteiger partial charge >= 0.3 is 0 Å². The molecule has 1 saturated carbocycles. The van der Waals surface area contributed by atoms with Crippen LogP contribution in [0.3, 0.4) is 0 Å². The van der Waals surface area contributed by atoms with Crippen LogP contribution in [0, 0.1) is 6.92 Å². The monoisotopic (exact) mass is 344 g/mol. The zero-order valence-electron chi connectivity index (χ0n) is 16.1. The lowest BCUT2D eigenvalue weighted by Gasteiger charge is -2.46. The van der Waals surface area contributed by atoms with Gasteiger partial charge in [0.2, 0.25) is 0 Å². The lowest BCUT2D eigenvalue weighted by molar-refractivity contribution is 0.285. The van der Waals surface area contributed by atoms with Crippen LogP contribution in [0.25, 0.3) is 10.9 Å². The average Bonchev–Trinajstić information content (AvgIpc) is 3.09. The molecule has 2 aromatic carbocycles. The van der Waals surface area contributed by atoms with Crippen molar-refractivity contribution < 1.29 is 0 Å². The normalized spacial score (nSPS) is 21.5. The zero-order chi connectivity index (χ0) is 17.9. The molecule has 5 rings (SSSR count). The second-order valence-corrected chi connectivity index (χ2v) is 8.26. The van der Waals surface area contributed by atoms with Crippen molar-refractivity contribution in [3.63, 3.8) is 0 Å². The van der Waals surface area contributed by atoms with E-state index >= 15 is 0 Å². The van der Waals surface area contributed by atoms with Crippen LogP contribution in [0.15, 0.2) is 48.5 Å². The van der Waals surface area contributed by atoms with Gasteiger partial charge in [-0.3, -0.25) is 0 Å². The van der Waals surface area contributed by atoms with Crippen molar-refractivity contribution in [3.8, 4) is 0 Å². The summed E-state index contributed by atoms with van der Waals surface area (Å²) in [4.78, 5) is 2.78. The Hall–Kier alpha value is -2.22. The lowest BCUT2D eigenvalue weighted by Crippen LogP contribution is -2.44. The molecule has 1 atom stereocenters. The third-order valence-corrected chi connectivity index (χ3v) is 6.92. The molecule has 2 heteroatoms. The van der Waals surface area contributed by atoms with Crippen molar-refractivity contribution in [1.82, 2.24) is 4.57 Å². The first-order valence-corrected chi connectivity index (χ1v) is 10.1. The highest BCUT2D eigenvalue weighted by atomic mass is 15.3. The highest BCUT2D eigenvalue weighted by Gasteiger charge is 2.52. The van der Waals surface area contributed by atoms with E-state index in [0.717, 1.165) is 0 Å². The third-order valence-electron chi connectivity index (χ3n) is 6.92. The van der Waals surface area contributed by atoms with Gasteiger partial charge in [-0.1, -0.05) is 55.7 Å². The number of hydrogen-bond acceptors (Lipinski definition) is 1. The highest BCUT2D eigenvalue weighted by Crippen LogP contribution is 2.58. The van der Waals surface area contributed by atoms with Crippen LogP contribution in [0.5, 0.6) is 0 Å². The fourth-order valence-corrected chi connectivity index (χ4v) is 5.91. The molecular formula is C24H28N2. The molecule has 2 nitrogen and oxygen atoms in total. The van der Waals surface area contributed by atoms with Crippen molar-refractivity contribution in [3.05, 3.63) is 65.4 Å². The highest BCUT2D eigenvalue weighted by molar-refractivity contribution is 5.89. The molecule has 1 spiro atoms. The maximum atomic E-state index is 2.78. The Bertz CT molecular complexity index is 975. The number of rotatable bonds is 1. The Kier molecular flexibility index (Phi) is 3.47. The van der Waals surface area contributed by atoms with E-state index in [1.807, 2.05) is 0 Å². The first-order chi connectivity index (χ1) is 12.6. The van der Waals surface area contributed by atoms with Gasteiger partial charge in [0.05, 0.1) is 11.6 Å². The molecule has 2 aliphatic rings. The smallest absolute Gasteiger partial charge is 0.0685 e. The van der Waals surface area contributed by atoms with Gasteiger partial charge in [0.25, 0.3) is 0 Å². The van der Waals surface area contributed by atoms with Gasteiger partial charge in [-0.2, -0.15) is 0 Å². The number of anilines is 1. The zero-order valence-corrected chi connectivity index (χ0v) is 16.1. The molecular weight excluding hydrogens is 316 g/mol. The summed E-state index contributed by atoms with van der Waals surface area (Å²) < 4.78 is 2.46. The number of aromatic nitrogens is 1. The summed E-state index contributed by atoms with van der Waals surface area (Å²) in [5.41, 5.74) is 7.49. The molecule has 3 aromatic rings. The maximum Gasteiger partial charge on any atom is 0.0685 e. The predicted molar refractivity (Wildman–Crippen MR) is 110 cm³/mol. The summed E-state index contributed by atoms with van der Waals surface area (Å²) >= 11 is 0. The van der Waals surface area contributed by atoms with Crippen molar-refractivity contribution in [2.45, 2.75) is 57.5 Å². The van der Waals surface area contributed by atoms with E-state index in [4.69, 9.17) is 0 Å². The summed E-state index contributed by atoms with van der Waals surface area (Å²) in [7, 11) is 2.26. The minimum Gasteiger partial charge on any atom is -0.353 e. The van der Waals surface area contributed by atoms with E-state index in [2.05, 4.69) is 78.9 Å². The Balaban J connectivity index is 1.83. The minimum absolute atomic E-state index is 0.153. The van der Waals surface area contributed by atoms with Crippen molar-refractivity contribution in [2.75, 3.05) is 4.90 Å². The van der Waals surface area contributed by atoms with E-state index in [0.29, 0.717) is 6.04 Å². The van der Waals surface area contributed by atoms with Crippen LogP contribution in [-0.2, 0) is 12.6 Å². The van der Waals surface area contributed by atoms with Crippen LogP contribution in [0.1, 0.15) is 61.9 Å². The predicted octanol–water partition coefficient (Wildman–Crippen LogP) is 6.23. The number of hydrogen-bond donors (Lipinski definition) is 0. The molecule has 0 saturated heterocycles. The molecule has 1 aliphatic carbocycles. The van der Waals surface area contributed by atoms with Crippen molar-refractivity contribution in [2.24, 2.45) is 7.05 Å². The molecule has 0 N–H and O–H groups in total. The molecule has 0 radical (unpaired) electrons. The average molecular weight is 345 g/mol. The van der Waals surface area contributed by atoms with Gasteiger partial charge in [0, 0.05) is 34.9 Å². The number of fused-ring (bicyclic) bond motifs is 4. The first kappa shape index (κ1) is 16.0. The van der Waals surface area contributed by atoms with Crippen molar-refractivity contribution in [1.29, 1.82) is 0 Å². The largest absolute Gasteiger partial charge is 0.353 e. The molecule has 1 aromatic heterocycles. The number of para-hydroxylation sites is 2. The van der Waals surface area contributed by atoms with Crippen LogP contribution < -0.4 is 4.90 Å². The molecule has 2 heterocycles. The Morgan fingerprint density at radius 1 is 0.923 bits per heavy atom. The second kappa shape index (κ2) is 5.64. The standard InChI is InChI=1S/C24H28N2/c1-17-11-5-7-13-20(17)26-18(2)23-22(24(26)15-9-4-10-16-24)19-12-6-8-14-21(19)25(23)3/h5-8,11-14,18H,4,9-10,15-16H2,1-3H3/t18-/m0/s1. The van der Waals surface area contributed by atoms with Gasteiger partial charge in [-0.05, 0) is 44.4 Å². The van der Waals surface area contributed by atoms with E-state index in [1.54, 1.807) is 5.56 Å². The molecule has 1 fully saturated rings. The second-order valence-electron chi connectivity index (χ2n) is 8.26. The molecule has 0 unspecified atom stereocenters. The van der Waals surface area contributed by atoms with Gasteiger partial charge in [-0.15, -0.1) is 0 Å². The lowest BCUT2D eigenvalue weighted by atomic mass is 9.76. The van der Waals surface area contributed by atoms with Crippen LogP contribution >= 0.6 is 0 Å². The third kappa shape index (κ3) is 1.93. The molecule has 26 heavy (non-hydrogen) atoms. The Labute approximate surface area is 156 Å². The van der Waals surface area contributed by atoms with Crippen LogP contribution in [0.4, 0.5) is 5.69 Å². The summed E-state index contributed by atoms with van der Waals surface area (Å²) in [6, 6.07) is 18.4. The van der Waals surface area contributed by atoms with Gasteiger partial charge < -0.3 is 9.47 Å². The first-order valence-electron chi connectivity index (χ1n) is 10.1. The molecule has 134 valence electrons. The van der Waals surface area contributed by atoms with Crippen LogP contribution in [0.2, 0.25) is 0 Å². The minimum atomic E-state index is 0.153. The number of nitrogens with zero attached hydrogens (tertiary/aromatic N) is 2. The topological polar surface area (TPSA) is 8.17 Å². The van der Waals surface area contributed by atoms with E-state index in [-0.39, 0.29) is 5.54 Å². The summed E-state index contributed by atoms with van der Waals surface area (Å²) in [5.74, 6) is 0. The SMILES string of the molecule is Cc1ccccc1N1[C@@H](C)c2c(c3ccccc3n2C)C12CCCCC2. The molecule has 0 amide bonds. The summed E-state index contributed by atoms with van der Waals surface area (Å²) in [6.07, 6.45) is 6.58. The van der Waals surface area contributed by atoms with Gasteiger partial charge in [0.1, 0.15) is 0 Å². The summed E-state index contributed by atoms with van der Waals surface area (Å²) in [6.45, 7) is 4.67. The van der Waals surface area contributed by atoms with E-state index in [1.165, 1.54) is 60.0 Å². The fourth-order valence-electron chi connectivity index (χ4n) is 5.91. The Morgan fingerprint density at radius 2 is 1.62 bits per heavy atom. The van der Waals surface area contributed by atoms with Gasteiger partial charge in [-0.25, -0.2) is 0 Å². The Morgan fingerprint density at radius 3 is 2.38 bits per heavy atom. The van der Waals surface area contributed by atoms with E-state index in [9.17, 15) is 0 Å². The maximum absolute atomic E-state index is 2.78. The van der Waals surface area contributed by atoms with E-state index < -0.39 is 0 Å². The molecule has 0 bridgehead atoms. The quantitative estimate of drug-likeness (QED) is 0.508.